The number of benzene rings is 3. The van der Waals surface area contributed by atoms with Gasteiger partial charge in [0.25, 0.3) is 5.91 Å². The van der Waals surface area contributed by atoms with E-state index in [-0.39, 0.29) is 23.8 Å². The highest BCUT2D eigenvalue weighted by atomic mass is 16.5. The molecule has 4 heterocycles. The summed E-state index contributed by atoms with van der Waals surface area (Å²) in [7, 11) is 0. The van der Waals surface area contributed by atoms with E-state index in [9.17, 15) is 9.59 Å². The smallest absolute Gasteiger partial charge is 0.321 e. The molecule has 3 aromatic carbocycles. The number of para-hydroxylation sites is 2. The van der Waals surface area contributed by atoms with Gasteiger partial charge < -0.3 is 10.1 Å². The number of hydrogen-bond acceptors (Lipinski definition) is 4. The summed E-state index contributed by atoms with van der Waals surface area (Å²) in [5.41, 5.74) is 1.61. The third kappa shape index (κ3) is 2.16. The number of rotatable bonds is 1. The van der Waals surface area contributed by atoms with Crippen molar-refractivity contribution < 1.29 is 14.3 Å². The Hall–Kier alpha value is -3.44. The number of carbonyl (C=O) groups is 2. The number of amides is 1. The van der Waals surface area contributed by atoms with E-state index in [0.29, 0.717) is 12.2 Å². The highest BCUT2D eigenvalue weighted by Crippen LogP contribution is 2.69. The summed E-state index contributed by atoms with van der Waals surface area (Å²) in [4.78, 5) is 30.8. The van der Waals surface area contributed by atoms with Gasteiger partial charge in [0, 0.05) is 23.2 Å². The van der Waals surface area contributed by atoms with Crippen molar-refractivity contribution in [2.45, 2.75) is 36.8 Å². The molecular weight excluding hydrogens is 412 g/mol. The summed E-state index contributed by atoms with van der Waals surface area (Å²) in [6.45, 7) is 0.784. The predicted molar refractivity (Wildman–Crippen MR) is 124 cm³/mol. The Kier molecular flexibility index (Phi) is 3.78. The van der Waals surface area contributed by atoms with Crippen LogP contribution in [0.2, 0.25) is 0 Å². The Morgan fingerprint density at radius 2 is 1.67 bits per heavy atom. The van der Waals surface area contributed by atoms with Crippen molar-refractivity contribution in [3.63, 3.8) is 0 Å². The SMILES string of the molecule is O=C1Oc2ccccc2C[C@@]12[C@H](c1ccccc1)[C@H]1CCCN1[C@]21C(=O)Nc2ccccc21. The first-order valence-corrected chi connectivity index (χ1v) is 11.7. The molecule has 1 N–H and O–H groups in total. The highest BCUT2D eigenvalue weighted by molar-refractivity contribution is 6.11. The van der Waals surface area contributed by atoms with E-state index < -0.39 is 11.0 Å². The van der Waals surface area contributed by atoms with Crippen molar-refractivity contribution in [3.05, 3.63) is 95.6 Å². The van der Waals surface area contributed by atoms with Crippen LogP contribution in [0.4, 0.5) is 5.69 Å². The molecule has 2 fully saturated rings. The van der Waals surface area contributed by atoms with Crippen molar-refractivity contribution in [1.82, 2.24) is 4.90 Å². The van der Waals surface area contributed by atoms with Crippen LogP contribution in [0.15, 0.2) is 78.9 Å². The lowest BCUT2D eigenvalue weighted by Crippen LogP contribution is -2.62. The average Bonchev–Trinajstić information content (AvgIpc) is 3.48. The maximum Gasteiger partial charge on any atom is 0.321 e. The molecule has 0 radical (unpaired) electrons. The van der Waals surface area contributed by atoms with Gasteiger partial charge in [-0.15, -0.1) is 0 Å². The molecule has 33 heavy (non-hydrogen) atoms. The van der Waals surface area contributed by atoms with Gasteiger partial charge in [0.05, 0.1) is 0 Å². The maximum atomic E-state index is 14.3. The number of hydrogen-bond donors (Lipinski definition) is 1. The third-order valence-electron chi connectivity index (χ3n) is 8.35. The van der Waals surface area contributed by atoms with Crippen LogP contribution in [0.25, 0.3) is 0 Å². The van der Waals surface area contributed by atoms with Gasteiger partial charge in [-0.05, 0) is 49.1 Å². The van der Waals surface area contributed by atoms with E-state index in [1.165, 1.54) is 0 Å². The van der Waals surface area contributed by atoms with Crippen LogP contribution < -0.4 is 10.1 Å². The van der Waals surface area contributed by atoms with E-state index in [0.717, 1.165) is 41.8 Å². The fourth-order valence-corrected chi connectivity index (χ4v) is 7.33. The Labute approximate surface area is 192 Å². The number of ether oxygens (including phenoxy) is 1. The van der Waals surface area contributed by atoms with Crippen LogP contribution in [0, 0.1) is 5.41 Å². The quantitative estimate of drug-likeness (QED) is 0.458. The number of anilines is 1. The van der Waals surface area contributed by atoms with Crippen molar-refractivity contribution >= 4 is 17.6 Å². The molecule has 3 aromatic rings. The summed E-state index contributed by atoms with van der Waals surface area (Å²) in [6.07, 6.45) is 2.43. The van der Waals surface area contributed by atoms with E-state index in [1.807, 2.05) is 66.7 Å². The number of carbonyl (C=O) groups excluding carboxylic acids is 2. The molecule has 164 valence electrons. The van der Waals surface area contributed by atoms with Crippen LogP contribution in [-0.4, -0.2) is 29.4 Å². The maximum absolute atomic E-state index is 14.3. The molecule has 5 nitrogen and oxygen atoms in total. The molecule has 4 aliphatic heterocycles. The van der Waals surface area contributed by atoms with Gasteiger partial charge in [-0.1, -0.05) is 66.7 Å². The fourth-order valence-electron chi connectivity index (χ4n) is 7.33. The zero-order valence-electron chi connectivity index (χ0n) is 18.2. The molecule has 0 unspecified atom stereocenters. The molecule has 0 bridgehead atoms. The van der Waals surface area contributed by atoms with Crippen LogP contribution in [-0.2, 0) is 21.5 Å². The van der Waals surface area contributed by atoms with Gasteiger partial charge in [0.1, 0.15) is 16.7 Å². The zero-order valence-corrected chi connectivity index (χ0v) is 18.2. The van der Waals surface area contributed by atoms with E-state index in [4.69, 9.17) is 4.74 Å². The largest absolute Gasteiger partial charge is 0.426 e. The van der Waals surface area contributed by atoms with Crippen LogP contribution in [0.5, 0.6) is 5.75 Å². The second-order valence-electron chi connectivity index (χ2n) is 9.65. The summed E-state index contributed by atoms with van der Waals surface area (Å²) in [6, 6.07) is 26.0. The van der Waals surface area contributed by atoms with Crippen molar-refractivity contribution in [2.75, 3.05) is 11.9 Å². The van der Waals surface area contributed by atoms with Gasteiger partial charge in [-0.2, -0.15) is 0 Å². The third-order valence-corrected chi connectivity index (χ3v) is 8.35. The monoisotopic (exact) mass is 436 g/mol. The Bertz CT molecular complexity index is 1310. The van der Waals surface area contributed by atoms with Crippen molar-refractivity contribution in [1.29, 1.82) is 0 Å². The number of esters is 1. The first kappa shape index (κ1) is 19.1. The van der Waals surface area contributed by atoms with Crippen molar-refractivity contribution in [2.24, 2.45) is 5.41 Å². The molecule has 2 spiro atoms. The summed E-state index contributed by atoms with van der Waals surface area (Å²) < 4.78 is 6.09. The second-order valence-corrected chi connectivity index (χ2v) is 9.65. The molecule has 4 atom stereocenters. The van der Waals surface area contributed by atoms with Gasteiger partial charge in [-0.25, -0.2) is 0 Å². The lowest BCUT2D eigenvalue weighted by Gasteiger charge is -2.47. The molecule has 5 heteroatoms. The Morgan fingerprint density at radius 1 is 0.909 bits per heavy atom. The van der Waals surface area contributed by atoms with Gasteiger partial charge in [0.2, 0.25) is 0 Å². The standard InChI is InChI=1S/C28H24N2O3/c31-25-28(20-12-5-6-13-21(20)29-25)27(17-19-11-4-7-15-23(19)33-26(27)32)24(18-9-2-1-3-10-18)22-14-8-16-30(22)28/h1-7,9-13,15,22,24H,8,14,16-17H2,(H,29,31)/t22-,24-,27-,28-/m1/s1. The molecule has 4 aliphatic rings. The van der Waals surface area contributed by atoms with Crippen LogP contribution in [0.3, 0.4) is 0 Å². The molecule has 7 rings (SSSR count). The minimum atomic E-state index is -1.10. The van der Waals surface area contributed by atoms with Gasteiger partial charge in [0.15, 0.2) is 0 Å². The lowest BCUT2D eigenvalue weighted by atomic mass is 9.56. The second kappa shape index (κ2) is 6.55. The molecule has 0 aliphatic carbocycles. The number of nitrogens with one attached hydrogen (secondary N) is 1. The molecular formula is C28H24N2O3. The Morgan fingerprint density at radius 3 is 2.55 bits per heavy atom. The summed E-state index contributed by atoms with van der Waals surface area (Å²) in [5, 5.41) is 3.14. The molecule has 1 amide bonds. The topological polar surface area (TPSA) is 58.6 Å². The molecule has 2 saturated heterocycles. The van der Waals surface area contributed by atoms with Crippen molar-refractivity contribution in [3.8, 4) is 5.75 Å². The fraction of sp³-hybridized carbons (Fsp3) is 0.286. The number of fused-ring (bicyclic) bond motifs is 6. The van der Waals surface area contributed by atoms with E-state index in [2.05, 4.69) is 22.3 Å². The van der Waals surface area contributed by atoms with Gasteiger partial charge >= 0.3 is 5.97 Å². The minimum Gasteiger partial charge on any atom is -0.426 e. The van der Waals surface area contributed by atoms with Gasteiger partial charge in [-0.3, -0.25) is 14.5 Å². The number of nitrogens with zero attached hydrogens (tertiary/aromatic N) is 1. The predicted octanol–water partition coefficient (Wildman–Crippen LogP) is 4.24. The first-order valence-electron chi connectivity index (χ1n) is 11.7. The highest BCUT2D eigenvalue weighted by Gasteiger charge is 2.79. The molecule has 0 aromatic heterocycles. The van der Waals surface area contributed by atoms with E-state index >= 15 is 0 Å². The molecule has 0 saturated carbocycles. The minimum absolute atomic E-state index is 0.0853. The zero-order chi connectivity index (χ0) is 22.2. The van der Waals surface area contributed by atoms with Crippen LogP contribution >= 0.6 is 0 Å². The van der Waals surface area contributed by atoms with E-state index in [1.54, 1.807) is 0 Å². The average molecular weight is 437 g/mol. The van der Waals surface area contributed by atoms with Crippen LogP contribution in [0.1, 0.15) is 35.4 Å². The Balaban J connectivity index is 1.58. The summed E-state index contributed by atoms with van der Waals surface area (Å²) in [5.74, 6) is 0.0504. The first-order chi connectivity index (χ1) is 16.2. The normalized spacial score (nSPS) is 31.9. The lowest BCUT2D eigenvalue weighted by molar-refractivity contribution is -0.160. The summed E-state index contributed by atoms with van der Waals surface area (Å²) >= 11 is 0.